The molecule has 0 spiro atoms. The van der Waals surface area contributed by atoms with Crippen LogP contribution in [-0.2, 0) is 20.7 Å². The Balaban J connectivity index is 1.96. The maximum absolute atomic E-state index is 10.8. The van der Waals surface area contributed by atoms with Crippen molar-refractivity contribution in [3.8, 4) is 0 Å². The lowest BCUT2D eigenvalue weighted by Gasteiger charge is -2.03. The third kappa shape index (κ3) is 3.78. The van der Waals surface area contributed by atoms with Crippen molar-refractivity contribution in [1.29, 1.82) is 0 Å². The molecule has 0 fully saturated rings. The molecule has 96 valence electrons. The van der Waals surface area contributed by atoms with E-state index in [0.29, 0.717) is 12.8 Å². The van der Waals surface area contributed by atoms with Gasteiger partial charge in [0.2, 0.25) is 0 Å². The van der Waals surface area contributed by atoms with E-state index in [9.17, 15) is 8.42 Å². The van der Waals surface area contributed by atoms with Crippen molar-refractivity contribution in [1.82, 2.24) is 4.98 Å². The van der Waals surface area contributed by atoms with Gasteiger partial charge in [-0.3, -0.25) is 9.17 Å². The fraction of sp³-hybridized carbons (Fsp3) is 0.308. The molecule has 0 saturated heterocycles. The Labute approximate surface area is 107 Å². The smallest absolute Gasteiger partial charge is 0.264 e. The van der Waals surface area contributed by atoms with Gasteiger partial charge in [0.15, 0.2) is 0 Å². The van der Waals surface area contributed by atoms with Crippen LogP contribution in [-0.4, -0.2) is 26.3 Å². The first-order valence-corrected chi connectivity index (χ1v) is 7.55. The second-order valence-corrected chi connectivity index (χ2v) is 5.77. The second-order valence-electron chi connectivity index (χ2n) is 4.12. The number of fused-ring (bicyclic) bond motifs is 1. The van der Waals surface area contributed by atoms with Crippen LogP contribution in [0.5, 0.6) is 0 Å². The van der Waals surface area contributed by atoms with Gasteiger partial charge in [0.25, 0.3) is 10.1 Å². The van der Waals surface area contributed by atoms with Crippen molar-refractivity contribution >= 4 is 21.0 Å². The number of para-hydroxylation sites is 1. The van der Waals surface area contributed by atoms with Crippen molar-refractivity contribution in [2.75, 3.05) is 12.9 Å². The minimum Gasteiger partial charge on any atom is -0.270 e. The molecule has 0 saturated carbocycles. The average Bonchev–Trinajstić information content (AvgIpc) is 2.33. The number of pyridine rings is 1. The number of benzene rings is 1. The molecule has 0 bridgehead atoms. The molecule has 1 heterocycles. The topological polar surface area (TPSA) is 56.3 Å². The molecule has 0 amide bonds. The number of hydrogen-bond acceptors (Lipinski definition) is 4. The van der Waals surface area contributed by atoms with Gasteiger partial charge >= 0.3 is 0 Å². The van der Waals surface area contributed by atoms with Crippen molar-refractivity contribution in [2.45, 2.75) is 12.8 Å². The van der Waals surface area contributed by atoms with Gasteiger partial charge in [-0.25, -0.2) is 0 Å². The molecular formula is C13H15NO3S. The number of aryl methyl sites for hydroxylation is 1. The monoisotopic (exact) mass is 265 g/mol. The quantitative estimate of drug-likeness (QED) is 0.614. The van der Waals surface area contributed by atoms with Gasteiger partial charge in [0.05, 0.1) is 18.4 Å². The lowest BCUT2D eigenvalue weighted by Crippen LogP contribution is -2.05. The predicted molar refractivity (Wildman–Crippen MR) is 70.9 cm³/mol. The standard InChI is InChI=1S/C13H15NO3S/c1-18(15,16)17-10-4-6-12-9-8-11-5-2-3-7-13(11)14-12/h2-3,5,7-9H,4,6,10H2,1H3. The number of nitrogens with zero attached hydrogens (tertiary/aromatic N) is 1. The van der Waals surface area contributed by atoms with Crippen LogP contribution in [0.2, 0.25) is 0 Å². The molecule has 0 radical (unpaired) electrons. The van der Waals surface area contributed by atoms with Gasteiger partial charge in [-0.15, -0.1) is 0 Å². The SMILES string of the molecule is CS(=O)(=O)OCCCc1ccc2ccccc2n1. The first-order chi connectivity index (χ1) is 8.54. The van der Waals surface area contributed by atoms with Gasteiger partial charge < -0.3 is 0 Å². The summed E-state index contributed by atoms with van der Waals surface area (Å²) in [6, 6.07) is 11.9. The van der Waals surface area contributed by atoms with Crippen molar-refractivity contribution in [2.24, 2.45) is 0 Å². The van der Waals surface area contributed by atoms with Crippen LogP contribution < -0.4 is 0 Å². The molecule has 0 N–H and O–H groups in total. The largest absolute Gasteiger partial charge is 0.270 e. The van der Waals surface area contributed by atoms with Gasteiger partial charge in [0.1, 0.15) is 0 Å². The summed E-state index contributed by atoms with van der Waals surface area (Å²) in [7, 11) is -3.33. The summed E-state index contributed by atoms with van der Waals surface area (Å²) in [4.78, 5) is 4.50. The Hall–Kier alpha value is -1.46. The summed E-state index contributed by atoms with van der Waals surface area (Å²) >= 11 is 0. The Morgan fingerprint density at radius 2 is 1.94 bits per heavy atom. The zero-order valence-electron chi connectivity index (χ0n) is 10.2. The van der Waals surface area contributed by atoms with Crippen molar-refractivity contribution < 1.29 is 12.6 Å². The van der Waals surface area contributed by atoms with Crippen LogP contribution in [0.1, 0.15) is 12.1 Å². The lowest BCUT2D eigenvalue weighted by atomic mass is 10.1. The zero-order valence-corrected chi connectivity index (χ0v) is 11.0. The summed E-state index contributed by atoms with van der Waals surface area (Å²) in [6.07, 6.45) is 2.40. The fourth-order valence-corrected chi connectivity index (χ4v) is 2.13. The van der Waals surface area contributed by atoms with Crippen LogP contribution in [0.4, 0.5) is 0 Å². The highest BCUT2D eigenvalue weighted by molar-refractivity contribution is 7.85. The Morgan fingerprint density at radius 3 is 2.72 bits per heavy atom. The van der Waals surface area contributed by atoms with Gasteiger partial charge in [-0.2, -0.15) is 8.42 Å². The average molecular weight is 265 g/mol. The van der Waals surface area contributed by atoms with E-state index in [2.05, 4.69) is 9.17 Å². The van der Waals surface area contributed by atoms with Crippen molar-refractivity contribution in [3.63, 3.8) is 0 Å². The predicted octanol–water partition coefficient (Wildman–Crippen LogP) is 2.14. The van der Waals surface area contributed by atoms with E-state index >= 15 is 0 Å². The molecule has 1 aromatic heterocycles. The minimum atomic E-state index is -3.33. The molecule has 2 aromatic rings. The van der Waals surface area contributed by atoms with Crippen LogP contribution in [0, 0.1) is 0 Å². The summed E-state index contributed by atoms with van der Waals surface area (Å²) in [6.45, 7) is 0.202. The third-order valence-corrected chi connectivity index (χ3v) is 3.13. The van der Waals surface area contributed by atoms with Crippen LogP contribution >= 0.6 is 0 Å². The first-order valence-electron chi connectivity index (χ1n) is 5.74. The Kier molecular flexibility index (Phi) is 3.93. The van der Waals surface area contributed by atoms with Gasteiger partial charge in [-0.1, -0.05) is 24.3 Å². The molecular weight excluding hydrogens is 250 g/mol. The van der Waals surface area contributed by atoms with Crippen LogP contribution in [0.3, 0.4) is 0 Å². The van der Waals surface area contributed by atoms with Crippen LogP contribution in [0.25, 0.3) is 10.9 Å². The van der Waals surface area contributed by atoms with E-state index < -0.39 is 10.1 Å². The molecule has 0 aliphatic heterocycles. The van der Waals surface area contributed by atoms with E-state index in [1.807, 2.05) is 36.4 Å². The highest BCUT2D eigenvalue weighted by Gasteiger charge is 2.02. The number of rotatable bonds is 5. The molecule has 5 heteroatoms. The molecule has 0 aliphatic carbocycles. The highest BCUT2D eigenvalue weighted by atomic mass is 32.2. The molecule has 18 heavy (non-hydrogen) atoms. The third-order valence-electron chi connectivity index (χ3n) is 2.53. The molecule has 0 atom stereocenters. The second kappa shape index (κ2) is 5.46. The van der Waals surface area contributed by atoms with E-state index in [4.69, 9.17) is 0 Å². The maximum atomic E-state index is 10.8. The summed E-state index contributed by atoms with van der Waals surface area (Å²) in [5, 5.41) is 1.11. The maximum Gasteiger partial charge on any atom is 0.264 e. The van der Waals surface area contributed by atoms with E-state index in [1.54, 1.807) is 0 Å². The lowest BCUT2D eigenvalue weighted by molar-refractivity contribution is 0.315. The van der Waals surface area contributed by atoms with Gasteiger partial charge in [-0.05, 0) is 25.0 Å². The number of aromatic nitrogens is 1. The molecule has 0 unspecified atom stereocenters. The normalized spacial score (nSPS) is 11.8. The van der Waals surface area contributed by atoms with E-state index in [1.165, 1.54) is 0 Å². The van der Waals surface area contributed by atoms with E-state index in [-0.39, 0.29) is 6.61 Å². The summed E-state index contributed by atoms with van der Waals surface area (Å²) in [5.74, 6) is 0. The zero-order chi connectivity index (χ0) is 13.0. The summed E-state index contributed by atoms with van der Waals surface area (Å²) < 4.78 is 26.2. The molecule has 2 rings (SSSR count). The highest BCUT2D eigenvalue weighted by Crippen LogP contribution is 2.12. The van der Waals surface area contributed by atoms with Crippen LogP contribution in [0.15, 0.2) is 36.4 Å². The first kappa shape index (κ1) is 13.0. The van der Waals surface area contributed by atoms with Crippen molar-refractivity contribution in [3.05, 3.63) is 42.1 Å². The van der Waals surface area contributed by atoms with Gasteiger partial charge in [0, 0.05) is 11.1 Å². The molecule has 0 aliphatic rings. The molecule has 1 aromatic carbocycles. The minimum absolute atomic E-state index is 0.202. The number of hydrogen-bond donors (Lipinski definition) is 0. The molecule has 4 nitrogen and oxygen atoms in total. The summed E-state index contributed by atoms with van der Waals surface area (Å²) in [5.41, 5.74) is 1.91. The Morgan fingerprint density at radius 1 is 1.17 bits per heavy atom. The Bertz CT molecular complexity index is 637. The van der Waals surface area contributed by atoms with E-state index in [0.717, 1.165) is 22.9 Å². The fourth-order valence-electron chi connectivity index (χ4n) is 1.71.